The molecule has 1 aromatic carbocycles. The fourth-order valence-corrected chi connectivity index (χ4v) is 3.54. The largest absolute Gasteiger partial charge is 0.325 e. The van der Waals surface area contributed by atoms with Gasteiger partial charge in [-0.3, -0.25) is 0 Å². The third kappa shape index (κ3) is 11.8. The lowest BCUT2D eigenvalue weighted by atomic mass is 10.0. The topological polar surface area (TPSA) is 27.7 Å². The second-order valence-corrected chi connectivity index (χ2v) is 8.64. The first-order valence-electron chi connectivity index (χ1n) is 11.4. The summed E-state index contributed by atoms with van der Waals surface area (Å²) in [7, 11) is 0. The first kappa shape index (κ1) is 25.1. The van der Waals surface area contributed by atoms with Gasteiger partial charge in [-0.05, 0) is 66.4 Å². The van der Waals surface area contributed by atoms with Crippen LogP contribution in [0.15, 0.2) is 30.3 Å². The van der Waals surface area contributed by atoms with Crippen LogP contribution in [0.4, 0.5) is 0 Å². The van der Waals surface area contributed by atoms with Crippen LogP contribution in [0.3, 0.4) is 0 Å². The standard InChI is InChI=1S/C25H44O3/c1-21(2)26-25(27-22(3)4,28-23(5)6)20-16-11-9-7-8-10-13-17-24-18-14-12-15-19-24/h12,14-15,18-19,21-23H,7-11,13,16-17,20H2,1-6H3. The quantitative estimate of drug-likeness (QED) is 0.218. The first-order chi connectivity index (χ1) is 13.3. The Morgan fingerprint density at radius 2 is 1.04 bits per heavy atom. The van der Waals surface area contributed by atoms with Crippen molar-refractivity contribution in [2.24, 2.45) is 0 Å². The zero-order chi connectivity index (χ0) is 20.8. The van der Waals surface area contributed by atoms with Crippen molar-refractivity contribution in [1.82, 2.24) is 0 Å². The van der Waals surface area contributed by atoms with Gasteiger partial charge in [-0.15, -0.1) is 0 Å². The predicted octanol–water partition coefficient (Wildman–Crippen LogP) is 7.28. The number of aryl methyl sites for hydroxylation is 1. The van der Waals surface area contributed by atoms with Crippen molar-refractivity contribution in [1.29, 1.82) is 0 Å². The maximum absolute atomic E-state index is 6.12. The van der Waals surface area contributed by atoms with E-state index in [0.717, 1.165) is 12.8 Å². The molecule has 0 heterocycles. The van der Waals surface area contributed by atoms with Crippen LogP contribution in [-0.2, 0) is 20.6 Å². The molecule has 0 bridgehead atoms. The van der Waals surface area contributed by atoms with E-state index in [4.69, 9.17) is 14.2 Å². The monoisotopic (exact) mass is 392 g/mol. The molecule has 28 heavy (non-hydrogen) atoms. The molecule has 0 aliphatic heterocycles. The minimum absolute atomic E-state index is 0.0714. The van der Waals surface area contributed by atoms with E-state index in [0.29, 0.717) is 0 Å². The maximum atomic E-state index is 6.12. The number of unbranched alkanes of at least 4 members (excludes halogenated alkanes) is 6. The summed E-state index contributed by atoms with van der Waals surface area (Å²) in [5.74, 6) is -0.911. The second kappa shape index (κ2) is 14.1. The smallest absolute Gasteiger partial charge is 0.283 e. The summed E-state index contributed by atoms with van der Waals surface area (Å²) in [6, 6.07) is 10.8. The Labute approximate surface area is 174 Å². The highest BCUT2D eigenvalue weighted by Gasteiger charge is 2.36. The van der Waals surface area contributed by atoms with Gasteiger partial charge in [0.05, 0.1) is 18.3 Å². The molecule has 0 fully saturated rings. The van der Waals surface area contributed by atoms with E-state index in [1.54, 1.807) is 0 Å². The van der Waals surface area contributed by atoms with E-state index in [-0.39, 0.29) is 18.3 Å². The molecule has 0 atom stereocenters. The highest BCUT2D eigenvalue weighted by Crippen LogP contribution is 2.28. The Kier molecular flexibility index (Phi) is 12.7. The highest BCUT2D eigenvalue weighted by molar-refractivity contribution is 5.14. The van der Waals surface area contributed by atoms with Gasteiger partial charge in [-0.2, -0.15) is 0 Å². The zero-order valence-electron chi connectivity index (χ0n) is 19.2. The average molecular weight is 393 g/mol. The average Bonchev–Trinajstić information content (AvgIpc) is 2.59. The van der Waals surface area contributed by atoms with Crippen molar-refractivity contribution in [2.45, 2.75) is 124 Å². The maximum Gasteiger partial charge on any atom is 0.283 e. The van der Waals surface area contributed by atoms with Crippen molar-refractivity contribution in [3.8, 4) is 0 Å². The van der Waals surface area contributed by atoms with Gasteiger partial charge >= 0.3 is 0 Å². The van der Waals surface area contributed by atoms with Gasteiger partial charge in [-0.25, -0.2) is 0 Å². The molecule has 1 rings (SSSR count). The number of benzene rings is 1. The van der Waals surface area contributed by atoms with Crippen molar-refractivity contribution < 1.29 is 14.2 Å². The first-order valence-corrected chi connectivity index (χ1v) is 11.4. The lowest BCUT2D eigenvalue weighted by Gasteiger charge is -2.37. The minimum Gasteiger partial charge on any atom is -0.325 e. The molecule has 0 radical (unpaired) electrons. The lowest BCUT2D eigenvalue weighted by Crippen LogP contribution is -2.44. The Morgan fingerprint density at radius 3 is 1.50 bits per heavy atom. The summed E-state index contributed by atoms with van der Waals surface area (Å²) < 4.78 is 18.4. The molecule has 0 N–H and O–H groups in total. The Morgan fingerprint density at radius 1 is 0.607 bits per heavy atom. The van der Waals surface area contributed by atoms with Crippen LogP contribution in [0.5, 0.6) is 0 Å². The Bertz CT molecular complexity index is 455. The van der Waals surface area contributed by atoms with E-state index in [1.807, 2.05) is 41.5 Å². The summed E-state index contributed by atoms with van der Waals surface area (Å²) in [4.78, 5) is 0. The molecule has 0 amide bonds. The molecule has 162 valence electrons. The summed E-state index contributed by atoms with van der Waals surface area (Å²) in [5, 5.41) is 0. The lowest BCUT2D eigenvalue weighted by molar-refractivity contribution is -0.412. The number of ether oxygens (including phenoxy) is 3. The molecule has 0 aliphatic carbocycles. The molecule has 0 spiro atoms. The normalized spacial score (nSPS) is 12.5. The number of hydrogen-bond acceptors (Lipinski definition) is 3. The fraction of sp³-hybridized carbons (Fsp3) is 0.760. The Hall–Kier alpha value is -0.900. The third-order valence-corrected chi connectivity index (χ3v) is 4.54. The fourth-order valence-electron chi connectivity index (χ4n) is 3.54. The van der Waals surface area contributed by atoms with Gasteiger partial charge < -0.3 is 14.2 Å². The summed E-state index contributed by atoms with van der Waals surface area (Å²) in [6.45, 7) is 12.2. The van der Waals surface area contributed by atoms with Crippen LogP contribution < -0.4 is 0 Å². The van der Waals surface area contributed by atoms with Crippen LogP contribution in [-0.4, -0.2) is 24.3 Å². The molecule has 1 aromatic rings. The highest BCUT2D eigenvalue weighted by atomic mass is 16.9. The van der Waals surface area contributed by atoms with Crippen LogP contribution in [0.2, 0.25) is 0 Å². The van der Waals surface area contributed by atoms with Crippen molar-refractivity contribution in [3.63, 3.8) is 0 Å². The molecule has 3 nitrogen and oxygen atoms in total. The molecule has 3 heteroatoms. The van der Waals surface area contributed by atoms with Gasteiger partial charge in [0.2, 0.25) is 0 Å². The van der Waals surface area contributed by atoms with E-state index >= 15 is 0 Å². The molecule has 0 aliphatic rings. The van der Waals surface area contributed by atoms with Gasteiger partial charge in [0, 0.05) is 6.42 Å². The van der Waals surface area contributed by atoms with Gasteiger partial charge in [-0.1, -0.05) is 62.4 Å². The third-order valence-electron chi connectivity index (χ3n) is 4.54. The van der Waals surface area contributed by atoms with Gasteiger partial charge in [0.15, 0.2) is 0 Å². The summed E-state index contributed by atoms with van der Waals surface area (Å²) >= 11 is 0. The van der Waals surface area contributed by atoms with E-state index in [2.05, 4.69) is 30.3 Å². The Balaban J connectivity index is 2.25. The summed E-state index contributed by atoms with van der Waals surface area (Å²) in [5.41, 5.74) is 1.46. The molecule has 0 unspecified atom stereocenters. The van der Waals surface area contributed by atoms with E-state index in [9.17, 15) is 0 Å². The van der Waals surface area contributed by atoms with Crippen LogP contribution >= 0.6 is 0 Å². The van der Waals surface area contributed by atoms with Crippen LogP contribution in [0, 0.1) is 0 Å². The molecule has 0 saturated carbocycles. The summed E-state index contributed by atoms with van der Waals surface area (Å²) in [6.07, 6.45) is 11.0. The van der Waals surface area contributed by atoms with Crippen molar-refractivity contribution >= 4 is 0 Å². The molecular weight excluding hydrogens is 348 g/mol. The second-order valence-electron chi connectivity index (χ2n) is 8.64. The molecule has 0 aromatic heterocycles. The molecular formula is C25H44O3. The van der Waals surface area contributed by atoms with Crippen molar-refractivity contribution in [2.75, 3.05) is 0 Å². The molecule has 0 saturated heterocycles. The van der Waals surface area contributed by atoms with Gasteiger partial charge in [0.25, 0.3) is 5.97 Å². The van der Waals surface area contributed by atoms with Crippen LogP contribution in [0.1, 0.15) is 98.5 Å². The predicted molar refractivity (Wildman–Crippen MR) is 118 cm³/mol. The van der Waals surface area contributed by atoms with Crippen molar-refractivity contribution in [3.05, 3.63) is 35.9 Å². The van der Waals surface area contributed by atoms with Gasteiger partial charge in [0.1, 0.15) is 0 Å². The van der Waals surface area contributed by atoms with E-state index in [1.165, 1.54) is 50.5 Å². The van der Waals surface area contributed by atoms with E-state index < -0.39 is 5.97 Å². The minimum atomic E-state index is -0.911. The number of hydrogen-bond donors (Lipinski definition) is 0. The van der Waals surface area contributed by atoms with Crippen LogP contribution in [0.25, 0.3) is 0 Å². The zero-order valence-corrected chi connectivity index (χ0v) is 19.2. The SMILES string of the molecule is CC(C)OC(CCCCCCCCCc1ccccc1)(OC(C)C)OC(C)C. The number of rotatable bonds is 16.